The first-order valence-electron chi connectivity index (χ1n) is 10.2. The summed E-state index contributed by atoms with van der Waals surface area (Å²) in [6, 6.07) is 12.7. The van der Waals surface area contributed by atoms with Crippen molar-refractivity contribution in [1.29, 1.82) is 0 Å². The van der Waals surface area contributed by atoms with Gasteiger partial charge in [-0.15, -0.1) is 0 Å². The van der Waals surface area contributed by atoms with Crippen molar-refractivity contribution in [2.45, 2.75) is 19.0 Å². The molecule has 0 bridgehead atoms. The number of rotatable bonds is 24. The predicted octanol–water partition coefficient (Wildman–Crippen LogP) is -9.04. The van der Waals surface area contributed by atoms with Crippen LogP contribution in [0, 0.1) is 0 Å². The van der Waals surface area contributed by atoms with Crippen molar-refractivity contribution in [3.63, 3.8) is 0 Å². The van der Waals surface area contributed by atoms with Gasteiger partial charge in [0.1, 0.15) is 10.5 Å². The van der Waals surface area contributed by atoms with E-state index in [9.17, 15) is 0 Å². The summed E-state index contributed by atoms with van der Waals surface area (Å²) >= 11 is 0. The van der Waals surface area contributed by atoms with Gasteiger partial charge in [-0.1, -0.05) is 37.3 Å². The molecule has 1 aromatic carbocycles. The van der Waals surface area contributed by atoms with Crippen molar-refractivity contribution in [3.8, 4) is 0 Å². The minimum absolute atomic E-state index is 0.745. The Balaban J connectivity index is 1.75. The molecule has 0 aliphatic rings. The third-order valence-electron chi connectivity index (χ3n) is 3.68. The summed E-state index contributed by atoms with van der Waals surface area (Å²) in [5.74, 6) is 0. The van der Waals surface area contributed by atoms with Crippen molar-refractivity contribution < 1.29 is 45.3 Å². The highest BCUT2D eigenvalue weighted by atomic mass is 28.4. The van der Waals surface area contributed by atoms with Gasteiger partial charge in [-0.05, 0) is 17.7 Å². The second-order valence-electron chi connectivity index (χ2n) is 6.19. The fourth-order valence-electron chi connectivity index (χ4n) is 2.20. The van der Waals surface area contributed by atoms with Gasteiger partial charge in [0.2, 0.25) is 0 Å². The zero-order valence-corrected chi connectivity index (χ0v) is 36.2. The molecule has 0 saturated carbocycles. The lowest BCUT2D eigenvalue weighted by atomic mass is 10.2. The summed E-state index contributed by atoms with van der Waals surface area (Å²) in [7, 11) is -9.81. The summed E-state index contributed by atoms with van der Waals surface area (Å²) in [6.45, 7) is 2.20. The molecule has 32 heavy (non-hydrogen) atoms. The van der Waals surface area contributed by atoms with E-state index in [1.165, 1.54) is 5.56 Å². The van der Waals surface area contributed by atoms with Gasteiger partial charge in [0.05, 0.1) is 0 Å². The Labute approximate surface area is 218 Å². The van der Waals surface area contributed by atoms with Crippen LogP contribution in [0.2, 0.25) is 6.04 Å². The van der Waals surface area contributed by atoms with Crippen molar-refractivity contribution in [2.75, 3.05) is 0 Å². The summed E-state index contributed by atoms with van der Waals surface area (Å²) in [6.07, 6.45) is 0. The maximum Gasteiger partial charge on any atom is 0.286 e. The van der Waals surface area contributed by atoms with E-state index >= 15 is 0 Å². The number of hydrogen-bond acceptors (Lipinski definition) is 11. The Kier molecular flexibility index (Phi) is 25.0. The summed E-state index contributed by atoms with van der Waals surface area (Å²) in [5, 5.41) is 0. The molecule has 0 saturated heterocycles. The highest BCUT2D eigenvalue weighted by Gasteiger charge is 2.10. The molecule has 11 nitrogen and oxygen atoms in total. The number of benzene rings is 1. The van der Waals surface area contributed by atoms with Gasteiger partial charge in [-0.25, -0.2) is 0 Å². The topological polar surface area (TPSA) is 102 Å². The van der Waals surface area contributed by atoms with Gasteiger partial charge < -0.3 is 45.3 Å². The van der Waals surface area contributed by atoms with E-state index in [-0.39, 0.29) is 0 Å². The molecule has 1 rings (SSSR count). The van der Waals surface area contributed by atoms with Crippen molar-refractivity contribution in [3.05, 3.63) is 35.9 Å². The van der Waals surface area contributed by atoms with Gasteiger partial charge in [0.15, 0.2) is 9.04 Å². The van der Waals surface area contributed by atoms with E-state index in [0.29, 0.717) is 0 Å². The second kappa shape index (κ2) is 25.5. The molecule has 0 radical (unpaired) electrons. The SMILES string of the molecule is CC[SiH](Cc1ccccc1)O[SiH2]O[SiH2]O[SiH2]O[SiH2]O[SiH2]O[SiH2]O[SiH2]O[SiH2]O[SiH2]O[SiH2]O[SiH3]. The molecule has 0 fully saturated rings. The second-order valence-corrected chi connectivity index (χ2v) is 29.4. The van der Waals surface area contributed by atoms with Crippen LogP contribution in [0.15, 0.2) is 30.3 Å². The van der Waals surface area contributed by atoms with E-state index in [1.54, 1.807) is 0 Å². The third-order valence-corrected chi connectivity index (χ3v) is 20.9. The van der Waals surface area contributed by atoms with Crippen LogP contribution < -0.4 is 0 Å². The van der Waals surface area contributed by atoms with Crippen LogP contribution in [0.1, 0.15) is 12.5 Å². The molecule has 0 N–H and O–H groups in total. The fourth-order valence-corrected chi connectivity index (χ4v) is 23.6. The van der Waals surface area contributed by atoms with E-state index in [1.807, 2.05) is 6.07 Å². The van der Waals surface area contributed by atoms with Crippen LogP contribution in [0.25, 0.3) is 0 Å². The van der Waals surface area contributed by atoms with Crippen LogP contribution in [0.3, 0.4) is 0 Å². The average Bonchev–Trinajstić information content (AvgIpc) is 2.82. The standard InChI is InChI=1S/C9H36O11Si12/c1-2-32(8-9-6-4-3-5-7-9)20-31-19-30-18-29-17-28-16-27-15-26-14-25-13-24-12-23-11-22-10-21/h3-7,32H,2,8,22-31H2,1,21H3. The molecule has 0 aromatic heterocycles. The summed E-state index contributed by atoms with van der Waals surface area (Å²) in [5.41, 5.74) is 1.36. The highest BCUT2D eigenvalue weighted by Crippen LogP contribution is 2.05. The first kappa shape index (κ1) is 31.4. The lowest BCUT2D eigenvalue weighted by molar-refractivity contribution is 0.360. The molecule has 0 amide bonds. The van der Waals surface area contributed by atoms with Gasteiger partial charge in [0.25, 0.3) is 100 Å². The molecule has 0 heterocycles. The van der Waals surface area contributed by atoms with Crippen LogP contribution >= 0.6 is 0 Å². The molecule has 0 aliphatic heterocycles. The predicted molar refractivity (Wildman–Crippen MR) is 155 cm³/mol. The third kappa shape index (κ3) is 20.7. The molecular weight excluding hydrogens is 621 g/mol. The minimum atomic E-state index is -1.20. The van der Waals surface area contributed by atoms with Crippen LogP contribution in [-0.2, 0) is 51.3 Å². The van der Waals surface area contributed by atoms with Crippen molar-refractivity contribution in [2.24, 2.45) is 0 Å². The van der Waals surface area contributed by atoms with Crippen LogP contribution in [0.5, 0.6) is 0 Å². The Hall–Kier alpha value is 1.38. The Morgan fingerprint density at radius 1 is 0.625 bits per heavy atom. The lowest BCUT2D eigenvalue weighted by Crippen LogP contribution is -2.26. The fraction of sp³-hybridized carbons (Fsp3) is 0.333. The zero-order chi connectivity index (χ0) is 23.0. The average molecular weight is 657 g/mol. The maximum absolute atomic E-state index is 6.06. The van der Waals surface area contributed by atoms with Crippen molar-refractivity contribution in [1.82, 2.24) is 0 Å². The Morgan fingerprint density at radius 2 is 1.03 bits per heavy atom. The van der Waals surface area contributed by atoms with Gasteiger partial charge in [-0.2, -0.15) is 0 Å². The maximum atomic E-state index is 6.06. The molecular formula is C9H36O11Si12. The number of hydrogen-bond donors (Lipinski definition) is 0. The first-order chi connectivity index (χ1) is 15.9. The molecule has 1 atom stereocenters. The Morgan fingerprint density at radius 3 is 1.44 bits per heavy atom. The van der Waals surface area contributed by atoms with Gasteiger partial charge in [-0.3, -0.25) is 0 Å². The normalized spacial score (nSPS) is 16.2. The summed E-state index contributed by atoms with van der Waals surface area (Å²) in [4.78, 5) is 0. The van der Waals surface area contributed by atoms with Crippen LogP contribution in [0.4, 0.5) is 0 Å². The van der Waals surface area contributed by atoms with E-state index in [4.69, 9.17) is 45.3 Å². The van der Waals surface area contributed by atoms with E-state index in [2.05, 4.69) is 31.2 Å². The Bertz CT molecular complexity index is 513. The van der Waals surface area contributed by atoms with Crippen LogP contribution in [-0.4, -0.2) is 120 Å². The monoisotopic (exact) mass is 656 g/mol. The zero-order valence-electron chi connectivity index (χ0n) is 18.9. The summed E-state index contributed by atoms with van der Waals surface area (Å²) < 4.78 is 60.4. The first-order valence-corrected chi connectivity index (χ1v) is 24.7. The largest absolute Gasteiger partial charge is 0.449 e. The molecule has 0 aliphatic carbocycles. The lowest BCUT2D eigenvalue weighted by Gasteiger charge is -2.15. The molecule has 1 unspecified atom stereocenters. The minimum Gasteiger partial charge on any atom is -0.449 e. The molecule has 1 aromatic rings. The quantitative estimate of drug-likeness (QED) is 0.0784. The van der Waals surface area contributed by atoms with Gasteiger partial charge in [0, 0.05) is 0 Å². The molecule has 0 spiro atoms. The van der Waals surface area contributed by atoms with E-state index in [0.717, 1.165) is 22.6 Å². The smallest absolute Gasteiger partial charge is 0.286 e. The van der Waals surface area contributed by atoms with Crippen molar-refractivity contribution >= 4 is 120 Å². The molecule has 23 heteroatoms. The van der Waals surface area contributed by atoms with E-state index < -0.39 is 109 Å². The highest BCUT2D eigenvalue weighted by molar-refractivity contribution is 6.58. The van der Waals surface area contributed by atoms with Gasteiger partial charge >= 0.3 is 0 Å². The molecule has 186 valence electrons.